The molecule has 0 saturated heterocycles. The predicted octanol–water partition coefficient (Wildman–Crippen LogP) is 3.16. The number of carbonyl (C=O) groups is 1. The van der Waals surface area contributed by atoms with Crippen LogP contribution in [-0.2, 0) is 0 Å². The number of amides is 1. The number of nitrogens with zero attached hydrogens (tertiary/aromatic N) is 1. The first-order valence-electron chi connectivity index (χ1n) is 6.65. The van der Waals surface area contributed by atoms with Gasteiger partial charge in [0, 0.05) is 14.7 Å². The molecule has 0 unspecified atom stereocenters. The van der Waals surface area contributed by atoms with Crippen molar-refractivity contribution in [1.82, 2.24) is 5.43 Å². The highest BCUT2D eigenvalue weighted by molar-refractivity contribution is 14.1. The third-order valence-electron chi connectivity index (χ3n) is 2.79. The van der Waals surface area contributed by atoms with Crippen molar-refractivity contribution >= 4 is 34.7 Å². The summed E-state index contributed by atoms with van der Waals surface area (Å²) in [4.78, 5) is 11.9. The lowest BCUT2D eigenvalue weighted by molar-refractivity contribution is 0.0955. The smallest absolute Gasteiger partial charge is 0.271 e. The van der Waals surface area contributed by atoms with Crippen LogP contribution in [0.25, 0.3) is 0 Å². The molecule has 0 aliphatic carbocycles. The number of nitrogens with one attached hydrogen (secondary N) is 1. The zero-order valence-electron chi connectivity index (χ0n) is 11.9. The number of halogens is 1. The highest BCUT2D eigenvalue weighted by atomic mass is 127. The quantitative estimate of drug-likeness (QED) is 0.452. The summed E-state index contributed by atoms with van der Waals surface area (Å²) in [7, 11) is 0. The van der Waals surface area contributed by atoms with Crippen LogP contribution < -0.4 is 10.2 Å². The van der Waals surface area contributed by atoms with Gasteiger partial charge in [0.2, 0.25) is 0 Å². The molecule has 2 rings (SSSR count). The predicted molar refractivity (Wildman–Crippen MR) is 93.5 cm³/mol. The van der Waals surface area contributed by atoms with Crippen LogP contribution in [0.2, 0.25) is 0 Å². The van der Waals surface area contributed by atoms with Crippen molar-refractivity contribution < 1.29 is 14.6 Å². The second kappa shape index (κ2) is 7.79. The molecule has 1 amide bonds. The summed E-state index contributed by atoms with van der Waals surface area (Å²) >= 11 is 2.14. The molecule has 0 aliphatic rings. The molecule has 114 valence electrons. The number of ether oxygens (including phenoxy) is 1. The van der Waals surface area contributed by atoms with Crippen molar-refractivity contribution in [2.24, 2.45) is 5.10 Å². The Morgan fingerprint density at radius 1 is 1.36 bits per heavy atom. The van der Waals surface area contributed by atoms with E-state index in [4.69, 9.17) is 4.74 Å². The summed E-state index contributed by atoms with van der Waals surface area (Å²) in [6.45, 7) is 2.29. The summed E-state index contributed by atoms with van der Waals surface area (Å²) in [5.74, 6) is 0.0715. The molecule has 0 atom stereocenters. The van der Waals surface area contributed by atoms with Gasteiger partial charge in [-0.2, -0.15) is 5.10 Å². The van der Waals surface area contributed by atoms with Crippen LogP contribution in [0.1, 0.15) is 22.8 Å². The lowest BCUT2D eigenvalue weighted by Crippen LogP contribution is -2.17. The third kappa shape index (κ3) is 4.20. The first-order chi connectivity index (χ1) is 10.6. The van der Waals surface area contributed by atoms with Gasteiger partial charge in [0.05, 0.1) is 12.8 Å². The molecule has 6 heteroatoms. The molecule has 5 nitrogen and oxygen atoms in total. The standard InChI is InChI=1S/C16H15IN2O3/c1-2-22-14-8-4-6-12(15(14)20)10-18-19-16(21)11-5-3-7-13(17)9-11/h3-10,20H,2H2,1H3,(H,19,21)/b18-10+. The van der Waals surface area contributed by atoms with E-state index in [1.807, 2.05) is 13.0 Å². The molecule has 0 bridgehead atoms. The van der Waals surface area contributed by atoms with Gasteiger partial charge in [-0.25, -0.2) is 5.43 Å². The van der Waals surface area contributed by atoms with Crippen molar-refractivity contribution in [2.45, 2.75) is 6.92 Å². The van der Waals surface area contributed by atoms with E-state index in [1.165, 1.54) is 6.21 Å². The molecule has 0 heterocycles. The van der Waals surface area contributed by atoms with Crippen LogP contribution in [0, 0.1) is 3.57 Å². The Kier molecular flexibility index (Phi) is 5.76. The Labute approximate surface area is 142 Å². The van der Waals surface area contributed by atoms with E-state index in [-0.39, 0.29) is 11.7 Å². The molecular formula is C16H15IN2O3. The highest BCUT2D eigenvalue weighted by Gasteiger charge is 2.07. The largest absolute Gasteiger partial charge is 0.504 e. The molecule has 22 heavy (non-hydrogen) atoms. The van der Waals surface area contributed by atoms with Gasteiger partial charge in [0.15, 0.2) is 11.5 Å². The summed E-state index contributed by atoms with van der Waals surface area (Å²) in [5.41, 5.74) is 3.42. The van der Waals surface area contributed by atoms with E-state index >= 15 is 0 Å². The first kappa shape index (κ1) is 16.3. The topological polar surface area (TPSA) is 70.9 Å². The fourth-order valence-electron chi connectivity index (χ4n) is 1.77. The fraction of sp³-hybridized carbons (Fsp3) is 0.125. The number of carbonyl (C=O) groups excluding carboxylic acids is 1. The average molecular weight is 410 g/mol. The van der Waals surface area contributed by atoms with E-state index < -0.39 is 0 Å². The Morgan fingerprint density at radius 2 is 2.14 bits per heavy atom. The van der Waals surface area contributed by atoms with Crippen LogP contribution in [0.15, 0.2) is 47.6 Å². The number of benzene rings is 2. The number of hydrogen-bond acceptors (Lipinski definition) is 4. The Bertz CT molecular complexity index is 702. The van der Waals surface area contributed by atoms with Crippen LogP contribution in [0.5, 0.6) is 11.5 Å². The third-order valence-corrected chi connectivity index (χ3v) is 3.46. The average Bonchev–Trinajstić information content (AvgIpc) is 2.51. The molecule has 0 aromatic heterocycles. The van der Waals surface area contributed by atoms with Gasteiger partial charge in [0.25, 0.3) is 5.91 Å². The van der Waals surface area contributed by atoms with Gasteiger partial charge < -0.3 is 9.84 Å². The molecule has 0 saturated carbocycles. The van der Waals surface area contributed by atoms with E-state index in [0.717, 1.165) is 3.57 Å². The molecule has 0 radical (unpaired) electrons. The minimum Gasteiger partial charge on any atom is -0.504 e. The van der Waals surface area contributed by atoms with Gasteiger partial charge in [0.1, 0.15) is 0 Å². The number of phenols is 1. The number of hydrogen-bond donors (Lipinski definition) is 2. The van der Waals surface area contributed by atoms with E-state index in [2.05, 4.69) is 33.1 Å². The van der Waals surface area contributed by atoms with Crippen LogP contribution in [-0.4, -0.2) is 23.8 Å². The molecular weight excluding hydrogens is 395 g/mol. The minimum absolute atomic E-state index is 0.00314. The maximum Gasteiger partial charge on any atom is 0.271 e. The monoisotopic (exact) mass is 410 g/mol. The van der Waals surface area contributed by atoms with Crippen molar-refractivity contribution in [3.8, 4) is 11.5 Å². The highest BCUT2D eigenvalue weighted by Crippen LogP contribution is 2.28. The maximum atomic E-state index is 11.9. The van der Waals surface area contributed by atoms with Gasteiger partial charge in [-0.05, 0) is 59.8 Å². The Balaban J connectivity index is 2.07. The number of phenolic OH excluding ortho intramolecular Hbond substituents is 1. The SMILES string of the molecule is CCOc1cccc(/C=N/NC(=O)c2cccc(I)c2)c1O. The van der Waals surface area contributed by atoms with E-state index in [9.17, 15) is 9.90 Å². The van der Waals surface area contributed by atoms with Crippen LogP contribution >= 0.6 is 22.6 Å². The number of hydrazone groups is 1. The Morgan fingerprint density at radius 3 is 2.86 bits per heavy atom. The minimum atomic E-state index is -0.310. The summed E-state index contributed by atoms with van der Waals surface area (Å²) in [5, 5.41) is 13.9. The van der Waals surface area contributed by atoms with Gasteiger partial charge in [-0.3, -0.25) is 4.79 Å². The summed E-state index contributed by atoms with van der Waals surface area (Å²) in [6, 6.07) is 12.3. The second-order valence-electron chi connectivity index (χ2n) is 4.34. The van der Waals surface area contributed by atoms with Crippen molar-refractivity contribution in [1.29, 1.82) is 0 Å². The van der Waals surface area contributed by atoms with Gasteiger partial charge in [-0.15, -0.1) is 0 Å². The maximum absolute atomic E-state index is 11.9. The number of rotatable bonds is 5. The molecule has 0 aliphatic heterocycles. The zero-order chi connectivity index (χ0) is 15.9. The normalized spacial score (nSPS) is 10.6. The zero-order valence-corrected chi connectivity index (χ0v) is 14.1. The first-order valence-corrected chi connectivity index (χ1v) is 7.73. The lowest BCUT2D eigenvalue weighted by atomic mass is 10.2. The molecule has 0 fully saturated rings. The van der Waals surface area contributed by atoms with Crippen molar-refractivity contribution in [2.75, 3.05) is 6.61 Å². The second-order valence-corrected chi connectivity index (χ2v) is 5.58. The molecule has 2 aromatic rings. The van der Waals surface area contributed by atoms with E-state index in [1.54, 1.807) is 36.4 Å². The van der Waals surface area contributed by atoms with Gasteiger partial charge in [-0.1, -0.05) is 12.1 Å². The van der Waals surface area contributed by atoms with Gasteiger partial charge >= 0.3 is 0 Å². The Hall–Kier alpha value is -2.09. The lowest BCUT2D eigenvalue weighted by Gasteiger charge is -2.07. The van der Waals surface area contributed by atoms with Crippen molar-refractivity contribution in [3.63, 3.8) is 0 Å². The number of aromatic hydroxyl groups is 1. The van der Waals surface area contributed by atoms with Crippen LogP contribution in [0.3, 0.4) is 0 Å². The van der Waals surface area contributed by atoms with E-state index in [0.29, 0.717) is 23.5 Å². The summed E-state index contributed by atoms with van der Waals surface area (Å²) < 4.78 is 6.26. The molecule has 2 N–H and O–H groups in total. The number of para-hydroxylation sites is 1. The van der Waals surface area contributed by atoms with Crippen LogP contribution in [0.4, 0.5) is 0 Å². The summed E-state index contributed by atoms with van der Waals surface area (Å²) in [6.07, 6.45) is 1.38. The molecule has 2 aromatic carbocycles. The molecule has 0 spiro atoms. The van der Waals surface area contributed by atoms with Crippen molar-refractivity contribution in [3.05, 3.63) is 57.2 Å². The fourth-order valence-corrected chi connectivity index (χ4v) is 2.31.